The van der Waals surface area contributed by atoms with Crippen molar-refractivity contribution in [3.05, 3.63) is 93.7 Å². The Morgan fingerprint density at radius 2 is 1.86 bits per heavy atom. The molecule has 2 heterocycles. The highest BCUT2D eigenvalue weighted by atomic mass is 32.1. The van der Waals surface area contributed by atoms with E-state index >= 15 is 0 Å². The fourth-order valence-electron chi connectivity index (χ4n) is 4.90. The number of carbonyl (C=O) groups excluding carboxylic acids is 2. The van der Waals surface area contributed by atoms with Crippen LogP contribution in [0.2, 0.25) is 0 Å². The van der Waals surface area contributed by atoms with E-state index in [0.29, 0.717) is 25.3 Å². The molecular weight excluding hydrogens is 470 g/mol. The molecule has 1 aliphatic rings. The molecule has 1 aromatic heterocycles. The summed E-state index contributed by atoms with van der Waals surface area (Å²) in [5, 5.41) is 5.19. The van der Waals surface area contributed by atoms with Crippen LogP contribution in [0.5, 0.6) is 0 Å². The average molecular weight is 506 g/mol. The standard InChI is InChI=1S/C29H35N3O3S/c1-3-31(21-22-11-5-4-6-12-22)17-10-16-30-28(33)26-23-13-7-8-14-24(23)29(34)32(18-19-35-2)27(26)25-15-9-20-36-25/h4-9,11-15,20,26-27H,3,10,16-19,21H2,1-2H3,(H,30,33)/t26-,27+/m1/s1. The van der Waals surface area contributed by atoms with Crippen molar-refractivity contribution in [3.63, 3.8) is 0 Å². The topological polar surface area (TPSA) is 61.9 Å². The molecule has 4 rings (SSSR count). The molecule has 0 aliphatic carbocycles. The van der Waals surface area contributed by atoms with Gasteiger partial charge in [0.1, 0.15) is 0 Å². The molecule has 3 aromatic rings. The van der Waals surface area contributed by atoms with Gasteiger partial charge < -0.3 is 15.0 Å². The fraction of sp³-hybridized carbons (Fsp3) is 0.379. The highest BCUT2D eigenvalue weighted by Crippen LogP contribution is 2.44. The molecule has 1 aliphatic heterocycles. The molecule has 0 bridgehead atoms. The van der Waals surface area contributed by atoms with Gasteiger partial charge in [-0.15, -0.1) is 11.3 Å². The third kappa shape index (κ3) is 6.03. The number of amides is 2. The van der Waals surface area contributed by atoms with Gasteiger partial charge in [0, 0.05) is 43.7 Å². The zero-order chi connectivity index (χ0) is 25.3. The van der Waals surface area contributed by atoms with Gasteiger partial charge in [0.15, 0.2) is 0 Å². The number of ether oxygens (including phenoxy) is 1. The summed E-state index contributed by atoms with van der Waals surface area (Å²) >= 11 is 1.58. The molecule has 0 fully saturated rings. The normalized spacial score (nSPS) is 17.3. The van der Waals surface area contributed by atoms with E-state index in [-0.39, 0.29) is 17.9 Å². The lowest BCUT2D eigenvalue weighted by Crippen LogP contribution is -2.48. The number of benzene rings is 2. The Kier molecular flexibility index (Phi) is 9.28. The summed E-state index contributed by atoms with van der Waals surface area (Å²) in [4.78, 5) is 32.4. The Bertz CT molecular complexity index is 1120. The van der Waals surface area contributed by atoms with Gasteiger partial charge in [0.2, 0.25) is 5.91 Å². The van der Waals surface area contributed by atoms with Crippen LogP contribution in [-0.2, 0) is 16.1 Å². The van der Waals surface area contributed by atoms with Crippen molar-refractivity contribution in [2.75, 3.05) is 39.9 Å². The van der Waals surface area contributed by atoms with Crippen LogP contribution >= 0.6 is 11.3 Å². The maximum Gasteiger partial charge on any atom is 0.254 e. The van der Waals surface area contributed by atoms with E-state index in [9.17, 15) is 9.59 Å². The van der Waals surface area contributed by atoms with Crippen LogP contribution in [0.15, 0.2) is 72.1 Å². The minimum Gasteiger partial charge on any atom is -0.383 e. The SMILES string of the molecule is CCN(CCCNC(=O)[C@@H]1c2ccccc2C(=O)N(CCOC)[C@H]1c1cccs1)Cc1ccccc1. The zero-order valence-electron chi connectivity index (χ0n) is 21.1. The molecule has 2 atom stereocenters. The number of methoxy groups -OCH3 is 1. The van der Waals surface area contributed by atoms with Crippen molar-refractivity contribution < 1.29 is 14.3 Å². The maximum atomic E-state index is 13.7. The monoisotopic (exact) mass is 505 g/mol. The number of thiophene rings is 1. The summed E-state index contributed by atoms with van der Waals surface area (Å²) in [7, 11) is 1.63. The van der Waals surface area contributed by atoms with E-state index in [0.717, 1.165) is 36.5 Å². The molecule has 1 N–H and O–H groups in total. The zero-order valence-corrected chi connectivity index (χ0v) is 21.9. The van der Waals surface area contributed by atoms with Gasteiger partial charge in [-0.25, -0.2) is 0 Å². The number of hydrogen-bond acceptors (Lipinski definition) is 5. The van der Waals surface area contributed by atoms with Crippen molar-refractivity contribution in [1.29, 1.82) is 0 Å². The summed E-state index contributed by atoms with van der Waals surface area (Å²) in [5.41, 5.74) is 2.69. The summed E-state index contributed by atoms with van der Waals surface area (Å²) in [6, 6.07) is 21.6. The van der Waals surface area contributed by atoms with Crippen molar-refractivity contribution in [2.24, 2.45) is 0 Å². The van der Waals surface area contributed by atoms with E-state index in [1.54, 1.807) is 23.3 Å². The predicted octanol–water partition coefficient (Wildman–Crippen LogP) is 4.70. The molecule has 2 aromatic carbocycles. The van der Waals surface area contributed by atoms with Crippen molar-refractivity contribution >= 4 is 23.2 Å². The summed E-state index contributed by atoms with van der Waals surface area (Å²) in [6.45, 7) is 6.36. The van der Waals surface area contributed by atoms with Gasteiger partial charge >= 0.3 is 0 Å². The minimum absolute atomic E-state index is 0.0399. The first-order chi connectivity index (χ1) is 17.6. The maximum absolute atomic E-state index is 13.7. The Balaban J connectivity index is 1.48. The lowest BCUT2D eigenvalue weighted by Gasteiger charge is -2.41. The van der Waals surface area contributed by atoms with Gasteiger partial charge in [-0.1, -0.05) is 61.5 Å². The molecule has 7 heteroatoms. The number of hydrogen-bond donors (Lipinski definition) is 1. The second kappa shape index (κ2) is 12.8. The Morgan fingerprint density at radius 3 is 2.58 bits per heavy atom. The van der Waals surface area contributed by atoms with Crippen LogP contribution in [0.1, 0.15) is 51.7 Å². The number of rotatable bonds is 12. The van der Waals surface area contributed by atoms with Crippen LogP contribution in [0.4, 0.5) is 0 Å². The second-order valence-corrected chi connectivity index (χ2v) is 9.99. The van der Waals surface area contributed by atoms with Crippen LogP contribution in [0.25, 0.3) is 0 Å². The van der Waals surface area contributed by atoms with Crippen LogP contribution in [-0.4, -0.2) is 61.5 Å². The minimum atomic E-state index is -0.471. The first-order valence-corrected chi connectivity index (χ1v) is 13.5. The molecule has 0 radical (unpaired) electrons. The van der Waals surface area contributed by atoms with Crippen LogP contribution in [0, 0.1) is 0 Å². The first-order valence-electron chi connectivity index (χ1n) is 12.6. The molecular formula is C29H35N3O3S. The van der Waals surface area contributed by atoms with Gasteiger partial charge in [0.05, 0.1) is 18.6 Å². The van der Waals surface area contributed by atoms with Gasteiger partial charge in [-0.05, 0) is 41.6 Å². The number of nitrogens with zero attached hydrogens (tertiary/aromatic N) is 2. The van der Waals surface area contributed by atoms with Crippen LogP contribution in [0.3, 0.4) is 0 Å². The lowest BCUT2D eigenvalue weighted by molar-refractivity contribution is -0.124. The fourth-order valence-corrected chi connectivity index (χ4v) is 5.78. The van der Waals surface area contributed by atoms with Gasteiger partial charge in [-0.2, -0.15) is 0 Å². The molecule has 2 amide bonds. The van der Waals surface area contributed by atoms with E-state index in [4.69, 9.17) is 4.74 Å². The number of carbonyl (C=O) groups is 2. The quantitative estimate of drug-likeness (QED) is 0.363. The van der Waals surface area contributed by atoms with Gasteiger partial charge in [-0.3, -0.25) is 14.5 Å². The van der Waals surface area contributed by atoms with E-state index in [2.05, 4.69) is 41.4 Å². The molecule has 36 heavy (non-hydrogen) atoms. The van der Waals surface area contributed by atoms with Crippen molar-refractivity contribution in [3.8, 4) is 0 Å². The third-order valence-electron chi connectivity index (χ3n) is 6.74. The molecule has 6 nitrogen and oxygen atoms in total. The largest absolute Gasteiger partial charge is 0.383 e. The summed E-state index contributed by atoms with van der Waals surface area (Å²) in [5.74, 6) is -0.563. The molecule has 0 saturated carbocycles. The van der Waals surface area contributed by atoms with E-state index in [1.165, 1.54) is 5.56 Å². The van der Waals surface area contributed by atoms with Crippen LogP contribution < -0.4 is 5.32 Å². The summed E-state index contributed by atoms with van der Waals surface area (Å²) in [6.07, 6.45) is 0.858. The third-order valence-corrected chi connectivity index (χ3v) is 7.68. The summed E-state index contributed by atoms with van der Waals surface area (Å²) < 4.78 is 5.30. The highest BCUT2D eigenvalue weighted by Gasteiger charge is 2.44. The molecule has 0 spiro atoms. The number of nitrogens with one attached hydrogen (secondary N) is 1. The van der Waals surface area contributed by atoms with E-state index in [1.807, 2.05) is 47.8 Å². The first kappa shape index (κ1) is 26.1. The number of fused-ring (bicyclic) bond motifs is 1. The Labute approximate surface area is 217 Å². The highest BCUT2D eigenvalue weighted by molar-refractivity contribution is 7.10. The Morgan fingerprint density at radius 1 is 1.08 bits per heavy atom. The van der Waals surface area contributed by atoms with Gasteiger partial charge in [0.25, 0.3) is 5.91 Å². The lowest BCUT2D eigenvalue weighted by atomic mass is 9.81. The molecule has 0 saturated heterocycles. The average Bonchev–Trinajstić information content (AvgIpc) is 3.45. The van der Waals surface area contributed by atoms with Crippen molar-refractivity contribution in [1.82, 2.24) is 15.1 Å². The second-order valence-electron chi connectivity index (χ2n) is 9.02. The molecule has 190 valence electrons. The van der Waals surface area contributed by atoms with Crippen molar-refractivity contribution in [2.45, 2.75) is 31.8 Å². The Hall–Kier alpha value is -3.00. The molecule has 0 unspecified atom stereocenters. The smallest absolute Gasteiger partial charge is 0.254 e. The van der Waals surface area contributed by atoms with E-state index < -0.39 is 5.92 Å². The predicted molar refractivity (Wildman–Crippen MR) is 144 cm³/mol.